The largest absolute Gasteiger partial charge is 1.00 e. The molecule has 0 saturated heterocycles. The summed E-state index contributed by atoms with van der Waals surface area (Å²) >= 11 is 1.74. The molecule has 0 aliphatic heterocycles. The van der Waals surface area contributed by atoms with E-state index in [0.29, 0.717) is 0 Å². The molecule has 0 radical (unpaired) electrons. The first kappa shape index (κ1) is 9.83. The molecular formula is C8H8KNS. The fourth-order valence-corrected chi connectivity index (χ4v) is 1.81. The topological polar surface area (TPSA) is 12.9 Å². The molecular weight excluding hydrogens is 181 g/mol. The van der Waals surface area contributed by atoms with Gasteiger partial charge in [0, 0.05) is 0 Å². The van der Waals surface area contributed by atoms with E-state index in [-0.39, 0.29) is 52.8 Å². The molecule has 1 aromatic heterocycles. The first-order valence-electron chi connectivity index (χ1n) is 3.18. The maximum Gasteiger partial charge on any atom is 1.00 e. The van der Waals surface area contributed by atoms with Crippen molar-refractivity contribution in [3.63, 3.8) is 0 Å². The number of hydrogen-bond acceptors (Lipinski definition) is 2. The van der Waals surface area contributed by atoms with Crippen molar-refractivity contribution in [1.29, 1.82) is 0 Å². The van der Waals surface area contributed by atoms with Gasteiger partial charge in [-0.25, -0.2) is 4.98 Å². The third kappa shape index (κ3) is 2.11. The van der Waals surface area contributed by atoms with Gasteiger partial charge in [-0.15, -0.1) is 11.3 Å². The SMILES string of the molecule is Cc1nc2ccccc2s1.[H-].[K+]. The molecule has 0 amide bonds. The predicted molar refractivity (Wildman–Crippen MR) is 45.5 cm³/mol. The minimum absolute atomic E-state index is 0. The predicted octanol–water partition coefficient (Wildman–Crippen LogP) is -0.279. The first-order valence-corrected chi connectivity index (χ1v) is 4.00. The van der Waals surface area contributed by atoms with Gasteiger partial charge in [0.1, 0.15) is 0 Å². The van der Waals surface area contributed by atoms with Crippen LogP contribution in [0.1, 0.15) is 6.43 Å². The van der Waals surface area contributed by atoms with Crippen LogP contribution in [0.5, 0.6) is 0 Å². The van der Waals surface area contributed by atoms with Crippen molar-refractivity contribution in [2.75, 3.05) is 0 Å². The van der Waals surface area contributed by atoms with Crippen LogP contribution in [0, 0.1) is 6.92 Å². The third-order valence-corrected chi connectivity index (χ3v) is 2.35. The Labute approximate surface area is 114 Å². The summed E-state index contributed by atoms with van der Waals surface area (Å²) in [5.41, 5.74) is 1.12. The number of thiazole rings is 1. The van der Waals surface area contributed by atoms with Crippen molar-refractivity contribution < 1.29 is 52.8 Å². The Bertz CT molecular complexity index is 328. The fraction of sp³-hybridized carbons (Fsp3) is 0.125. The first-order chi connectivity index (χ1) is 4.86. The minimum Gasteiger partial charge on any atom is -1.00 e. The Balaban J connectivity index is 0.000000605. The summed E-state index contributed by atoms with van der Waals surface area (Å²) in [7, 11) is 0. The van der Waals surface area contributed by atoms with Crippen LogP contribution in [0.4, 0.5) is 0 Å². The van der Waals surface area contributed by atoms with E-state index >= 15 is 0 Å². The van der Waals surface area contributed by atoms with E-state index in [1.165, 1.54) is 4.70 Å². The number of fused-ring (bicyclic) bond motifs is 1. The second-order valence-corrected chi connectivity index (χ2v) is 3.44. The van der Waals surface area contributed by atoms with E-state index in [2.05, 4.69) is 11.1 Å². The van der Waals surface area contributed by atoms with E-state index in [4.69, 9.17) is 0 Å². The Hall–Kier alpha value is 0.746. The Morgan fingerprint density at radius 3 is 2.82 bits per heavy atom. The van der Waals surface area contributed by atoms with Gasteiger partial charge in [0.25, 0.3) is 0 Å². The van der Waals surface area contributed by atoms with Crippen molar-refractivity contribution in [3.8, 4) is 0 Å². The summed E-state index contributed by atoms with van der Waals surface area (Å²) < 4.78 is 1.28. The second-order valence-electron chi connectivity index (χ2n) is 2.20. The number of nitrogens with zero attached hydrogens (tertiary/aromatic N) is 1. The van der Waals surface area contributed by atoms with Crippen LogP contribution < -0.4 is 51.4 Å². The molecule has 0 atom stereocenters. The van der Waals surface area contributed by atoms with Crippen LogP contribution in [0.2, 0.25) is 0 Å². The van der Waals surface area contributed by atoms with Crippen LogP contribution in [-0.2, 0) is 0 Å². The van der Waals surface area contributed by atoms with Gasteiger partial charge in [0.15, 0.2) is 0 Å². The maximum absolute atomic E-state index is 4.33. The molecule has 0 bridgehead atoms. The molecule has 0 N–H and O–H groups in total. The van der Waals surface area contributed by atoms with Gasteiger partial charge in [-0.1, -0.05) is 12.1 Å². The van der Waals surface area contributed by atoms with E-state index < -0.39 is 0 Å². The van der Waals surface area contributed by atoms with Gasteiger partial charge < -0.3 is 1.43 Å². The van der Waals surface area contributed by atoms with Crippen LogP contribution >= 0.6 is 11.3 Å². The number of benzene rings is 1. The van der Waals surface area contributed by atoms with E-state index in [1.807, 2.05) is 25.1 Å². The summed E-state index contributed by atoms with van der Waals surface area (Å²) in [6, 6.07) is 8.19. The molecule has 1 heterocycles. The molecule has 2 aromatic rings. The zero-order chi connectivity index (χ0) is 6.97. The second kappa shape index (κ2) is 4.12. The maximum atomic E-state index is 4.33. The smallest absolute Gasteiger partial charge is 1.00 e. The van der Waals surface area contributed by atoms with Crippen LogP contribution in [0.25, 0.3) is 10.2 Å². The van der Waals surface area contributed by atoms with Crippen LogP contribution in [0.3, 0.4) is 0 Å². The van der Waals surface area contributed by atoms with Gasteiger partial charge in [-0.05, 0) is 19.1 Å². The molecule has 0 unspecified atom stereocenters. The molecule has 0 aliphatic carbocycles. The van der Waals surface area contributed by atoms with Gasteiger partial charge in [0.05, 0.1) is 15.2 Å². The van der Waals surface area contributed by atoms with Crippen molar-refractivity contribution in [2.45, 2.75) is 6.92 Å². The molecule has 3 heteroatoms. The molecule has 11 heavy (non-hydrogen) atoms. The summed E-state index contributed by atoms with van der Waals surface area (Å²) in [5, 5.41) is 1.14. The monoisotopic (exact) mass is 189 g/mol. The number of aromatic nitrogens is 1. The summed E-state index contributed by atoms with van der Waals surface area (Å²) in [6.07, 6.45) is 0. The standard InChI is InChI=1S/C8H7NS.K.H/c1-6-9-7-4-2-3-5-8(7)10-6;;/h2-5H,1H3;;/q;+1;-1. The average Bonchev–Trinajstić information content (AvgIpc) is 2.27. The molecule has 1 nitrogen and oxygen atoms in total. The molecule has 1 aromatic carbocycles. The number of rotatable bonds is 0. The number of hydrogen-bond donors (Lipinski definition) is 0. The van der Waals surface area contributed by atoms with E-state index in [0.717, 1.165) is 10.5 Å². The Morgan fingerprint density at radius 1 is 1.36 bits per heavy atom. The summed E-state index contributed by atoms with van der Waals surface area (Å²) in [6.45, 7) is 2.03. The summed E-state index contributed by atoms with van der Waals surface area (Å²) in [4.78, 5) is 4.33. The van der Waals surface area contributed by atoms with Crippen molar-refractivity contribution in [2.24, 2.45) is 0 Å². The molecule has 0 fully saturated rings. The molecule has 2 rings (SSSR count). The van der Waals surface area contributed by atoms with Crippen molar-refractivity contribution >= 4 is 21.6 Å². The van der Waals surface area contributed by atoms with Gasteiger partial charge in [0.2, 0.25) is 0 Å². The quantitative estimate of drug-likeness (QED) is 0.520. The van der Waals surface area contributed by atoms with Crippen LogP contribution in [0.15, 0.2) is 24.3 Å². The van der Waals surface area contributed by atoms with E-state index in [9.17, 15) is 0 Å². The molecule has 0 saturated carbocycles. The van der Waals surface area contributed by atoms with Gasteiger partial charge >= 0.3 is 51.4 Å². The molecule has 52 valence electrons. The fourth-order valence-electron chi connectivity index (χ4n) is 0.987. The molecule has 0 aliphatic rings. The number of para-hydroxylation sites is 1. The molecule has 0 spiro atoms. The number of aryl methyl sites for hydroxylation is 1. The van der Waals surface area contributed by atoms with Crippen molar-refractivity contribution in [1.82, 2.24) is 4.98 Å². The Kier molecular flexibility index (Phi) is 3.68. The van der Waals surface area contributed by atoms with Crippen molar-refractivity contribution in [3.05, 3.63) is 29.3 Å². The average molecular weight is 189 g/mol. The minimum atomic E-state index is 0. The van der Waals surface area contributed by atoms with Gasteiger partial charge in [-0.3, -0.25) is 0 Å². The van der Waals surface area contributed by atoms with Gasteiger partial charge in [-0.2, -0.15) is 0 Å². The summed E-state index contributed by atoms with van der Waals surface area (Å²) in [5.74, 6) is 0. The zero-order valence-electron chi connectivity index (χ0n) is 7.66. The zero-order valence-corrected chi connectivity index (χ0v) is 10.6. The third-order valence-electron chi connectivity index (χ3n) is 1.40. The Morgan fingerprint density at radius 2 is 2.09 bits per heavy atom. The van der Waals surface area contributed by atoms with E-state index in [1.54, 1.807) is 11.3 Å². The normalized spacial score (nSPS) is 9.55. The van der Waals surface area contributed by atoms with Crippen LogP contribution in [-0.4, -0.2) is 4.98 Å².